The van der Waals surface area contributed by atoms with Crippen LogP contribution < -0.4 is 14.4 Å². The molecule has 0 saturated carbocycles. The summed E-state index contributed by atoms with van der Waals surface area (Å²) in [4.78, 5) is 24.8. The minimum Gasteiger partial charge on any atom is -0.487 e. The van der Waals surface area contributed by atoms with E-state index in [9.17, 15) is 14.0 Å². The van der Waals surface area contributed by atoms with Crippen molar-refractivity contribution in [1.29, 1.82) is 0 Å². The Bertz CT molecular complexity index is 1190. The van der Waals surface area contributed by atoms with E-state index >= 15 is 0 Å². The van der Waals surface area contributed by atoms with E-state index in [0.29, 0.717) is 40.0 Å². The highest BCUT2D eigenvalue weighted by molar-refractivity contribution is 7.99. The fourth-order valence-electron chi connectivity index (χ4n) is 3.93. The second kappa shape index (κ2) is 8.74. The number of anilines is 1. The number of carbonyl (C=O) groups excluding carboxylic acids is 2. The number of esters is 1. The standard InChI is InChI=1S/C23H23FN2O5S/c1-25-23(28)20-19-15-9-14(10-18(27)29-3)30-22(15)16(26(2)32-4)11-17(19)31-21(20)12-5-7-13(24)8-6-12/h5-8,11,14H,9-10H2,1-4H3,(H,25,28). The van der Waals surface area contributed by atoms with Crippen molar-refractivity contribution in [2.45, 2.75) is 18.9 Å². The average Bonchev–Trinajstić information content (AvgIpc) is 3.38. The average molecular weight is 459 g/mol. The monoisotopic (exact) mass is 458 g/mol. The van der Waals surface area contributed by atoms with Crippen molar-refractivity contribution in [3.8, 4) is 17.1 Å². The van der Waals surface area contributed by atoms with Crippen LogP contribution in [-0.4, -0.2) is 45.4 Å². The molecule has 168 valence electrons. The SMILES string of the molecule is CNC(=O)c1c(-c2ccc(F)cc2)oc2cc(N(C)SC)c3c(c12)CC(CC(=O)OC)O3. The summed E-state index contributed by atoms with van der Waals surface area (Å²) in [6, 6.07) is 7.62. The molecule has 7 nitrogen and oxygen atoms in total. The van der Waals surface area contributed by atoms with E-state index in [2.05, 4.69) is 5.32 Å². The fourth-order valence-corrected chi connectivity index (χ4v) is 4.26. The molecule has 0 radical (unpaired) electrons. The quantitative estimate of drug-likeness (QED) is 0.438. The third kappa shape index (κ3) is 3.77. The van der Waals surface area contributed by atoms with Gasteiger partial charge in [-0.25, -0.2) is 4.39 Å². The number of methoxy groups -OCH3 is 1. The predicted molar refractivity (Wildman–Crippen MR) is 122 cm³/mol. The molecule has 1 aromatic heterocycles. The number of nitrogens with one attached hydrogen (secondary N) is 1. The number of amides is 1. The van der Waals surface area contributed by atoms with Gasteiger partial charge in [0, 0.05) is 49.4 Å². The number of hydrogen-bond acceptors (Lipinski definition) is 7. The number of ether oxygens (including phenoxy) is 2. The zero-order valence-electron chi connectivity index (χ0n) is 18.2. The number of hydrogen-bond donors (Lipinski definition) is 1. The lowest BCUT2D eigenvalue weighted by atomic mass is 9.97. The van der Waals surface area contributed by atoms with Gasteiger partial charge < -0.3 is 23.5 Å². The van der Waals surface area contributed by atoms with Gasteiger partial charge in [-0.3, -0.25) is 9.59 Å². The molecule has 1 unspecified atom stereocenters. The minimum absolute atomic E-state index is 0.0904. The molecule has 9 heteroatoms. The van der Waals surface area contributed by atoms with Crippen LogP contribution in [-0.2, 0) is 16.0 Å². The number of rotatable bonds is 6. The Morgan fingerprint density at radius 2 is 2.03 bits per heavy atom. The second-order valence-corrected chi connectivity index (χ2v) is 8.29. The predicted octanol–water partition coefficient (Wildman–Crippen LogP) is 4.18. The first-order valence-corrected chi connectivity index (χ1v) is 11.2. The van der Waals surface area contributed by atoms with E-state index in [1.165, 1.54) is 31.2 Å². The Balaban J connectivity index is 1.97. The largest absolute Gasteiger partial charge is 0.487 e. The zero-order valence-corrected chi connectivity index (χ0v) is 19.0. The summed E-state index contributed by atoms with van der Waals surface area (Å²) in [5, 5.41) is 3.30. The van der Waals surface area contributed by atoms with E-state index in [4.69, 9.17) is 13.9 Å². The summed E-state index contributed by atoms with van der Waals surface area (Å²) in [6.07, 6.45) is 2.02. The van der Waals surface area contributed by atoms with Crippen molar-refractivity contribution >= 4 is 40.5 Å². The Hall–Kier alpha value is -3.20. The summed E-state index contributed by atoms with van der Waals surface area (Å²) in [5.74, 6) is -0.117. The normalized spacial score (nSPS) is 14.7. The van der Waals surface area contributed by atoms with Crippen LogP contribution in [0.4, 0.5) is 10.1 Å². The minimum atomic E-state index is -0.418. The van der Waals surface area contributed by atoms with Gasteiger partial charge in [-0.2, -0.15) is 0 Å². The summed E-state index contributed by atoms with van der Waals surface area (Å²) in [7, 11) is 4.78. The van der Waals surface area contributed by atoms with Crippen LogP contribution in [0.5, 0.6) is 5.75 Å². The first kappa shape index (κ1) is 22.0. The third-order valence-corrected chi connectivity index (χ3v) is 6.27. The van der Waals surface area contributed by atoms with E-state index in [1.807, 2.05) is 23.7 Å². The molecule has 0 spiro atoms. The van der Waals surface area contributed by atoms with Gasteiger partial charge in [0.15, 0.2) is 0 Å². The summed E-state index contributed by atoms with van der Waals surface area (Å²) >= 11 is 1.49. The van der Waals surface area contributed by atoms with Crippen molar-refractivity contribution < 1.29 is 27.9 Å². The molecule has 1 N–H and O–H groups in total. The van der Waals surface area contributed by atoms with E-state index in [0.717, 1.165) is 11.3 Å². The smallest absolute Gasteiger partial charge is 0.309 e. The topological polar surface area (TPSA) is 81.0 Å². The van der Waals surface area contributed by atoms with Crippen LogP contribution >= 0.6 is 11.9 Å². The highest BCUT2D eigenvalue weighted by Crippen LogP contribution is 2.48. The third-order valence-electron chi connectivity index (χ3n) is 5.52. The number of fused-ring (bicyclic) bond motifs is 3. The van der Waals surface area contributed by atoms with Crippen LogP contribution in [0.3, 0.4) is 0 Å². The van der Waals surface area contributed by atoms with Crippen LogP contribution in [0.1, 0.15) is 22.3 Å². The van der Waals surface area contributed by atoms with Gasteiger partial charge >= 0.3 is 5.97 Å². The molecule has 1 amide bonds. The van der Waals surface area contributed by atoms with Crippen LogP contribution in [0, 0.1) is 5.82 Å². The second-order valence-electron chi connectivity index (χ2n) is 7.37. The molecule has 4 rings (SSSR count). The highest BCUT2D eigenvalue weighted by Gasteiger charge is 2.35. The number of benzene rings is 2. The lowest BCUT2D eigenvalue weighted by Crippen LogP contribution is -2.19. The first-order chi connectivity index (χ1) is 15.4. The Labute approximate surface area is 189 Å². The molecule has 2 heterocycles. The lowest BCUT2D eigenvalue weighted by molar-refractivity contribution is -0.142. The lowest BCUT2D eigenvalue weighted by Gasteiger charge is -2.19. The van der Waals surface area contributed by atoms with Crippen molar-refractivity contribution in [1.82, 2.24) is 5.32 Å². The maximum absolute atomic E-state index is 13.5. The molecule has 2 aromatic carbocycles. The zero-order chi connectivity index (χ0) is 23.0. The molecule has 0 aliphatic carbocycles. The van der Waals surface area contributed by atoms with Gasteiger partial charge in [0.25, 0.3) is 5.91 Å². The molecule has 0 fully saturated rings. The van der Waals surface area contributed by atoms with E-state index in [1.54, 1.807) is 19.2 Å². The number of halogens is 1. The molecule has 32 heavy (non-hydrogen) atoms. The van der Waals surface area contributed by atoms with Crippen LogP contribution in [0.25, 0.3) is 22.3 Å². The molecule has 1 aliphatic heterocycles. The number of carbonyl (C=O) groups is 2. The van der Waals surface area contributed by atoms with E-state index < -0.39 is 6.10 Å². The summed E-state index contributed by atoms with van der Waals surface area (Å²) in [6.45, 7) is 0. The van der Waals surface area contributed by atoms with E-state index in [-0.39, 0.29) is 24.1 Å². The maximum atomic E-state index is 13.5. The molecule has 3 aromatic rings. The molecule has 0 saturated heterocycles. The molecule has 1 atom stereocenters. The number of nitrogens with zero attached hydrogens (tertiary/aromatic N) is 1. The summed E-state index contributed by atoms with van der Waals surface area (Å²) in [5.41, 5.74) is 3.02. The van der Waals surface area contributed by atoms with Gasteiger partial charge in [-0.1, -0.05) is 11.9 Å². The first-order valence-electron chi connectivity index (χ1n) is 9.99. The van der Waals surface area contributed by atoms with Gasteiger partial charge in [-0.15, -0.1) is 0 Å². The van der Waals surface area contributed by atoms with Crippen LogP contribution in [0.15, 0.2) is 34.7 Å². The van der Waals surface area contributed by atoms with Crippen molar-refractivity contribution in [2.24, 2.45) is 0 Å². The molecular formula is C23H23FN2O5S. The summed E-state index contributed by atoms with van der Waals surface area (Å²) < 4.78 is 32.6. The molecule has 0 bridgehead atoms. The van der Waals surface area contributed by atoms with Gasteiger partial charge in [0.05, 0.1) is 24.8 Å². The van der Waals surface area contributed by atoms with Crippen molar-refractivity contribution in [2.75, 3.05) is 31.8 Å². The number of furan rings is 1. The van der Waals surface area contributed by atoms with Gasteiger partial charge in [-0.05, 0) is 24.3 Å². The Morgan fingerprint density at radius 3 is 2.66 bits per heavy atom. The van der Waals surface area contributed by atoms with Crippen LogP contribution in [0.2, 0.25) is 0 Å². The van der Waals surface area contributed by atoms with Gasteiger partial charge in [0.2, 0.25) is 0 Å². The Kier molecular flexibility index (Phi) is 6.01. The molecule has 1 aliphatic rings. The fraction of sp³-hybridized carbons (Fsp3) is 0.304. The molecular weight excluding hydrogens is 435 g/mol. The van der Waals surface area contributed by atoms with Crippen molar-refractivity contribution in [3.05, 3.63) is 47.3 Å². The maximum Gasteiger partial charge on any atom is 0.309 e. The highest BCUT2D eigenvalue weighted by atomic mass is 32.2. The van der Waals surface area contributed by atoms with Gasteiger partial charge in [0.1, 0.15) is 29.0 Å². The Morgan fingerprint density at radius 1 is 1.31 bits per heavy atom. The van der Waals surface area contributed by atoms with Crippen molar-refractivity contribution in [3.63, 3.8) is 0 Å².